The number of halogens is 1. The Morgan fingerprint density at radius 1 is 1.32 bits per heavy atom. The summed E-state index contributed by atoms with van der Waals surface area (Å²) >= 11 is 0. The molecule has 4 rings (SSSR count). The van der Waals surface area contributed by atoms with Crippen LogP contribution >= 0.6 is 0 Å². The van der Waals surface area contributed by atoms with Gasteiger partial charge in [-0.2, -0.15) is 0 Å². The number of anilines is 2. The first-order valence-corrected chi connectivity index (χ1v) is 9.90. The molecule has 0 saturated carbocycles. The molecule has 7 nitrogen and oxygen atoms in total. The van der Waals surface area contributed by atoms with Crippen molar-refractivity contribution in [1.82, 2.24) is 4.90 Å². The van der Waals surface area contributed by atoms with Crippen LogP contribution in [0.1, 0.15) is 24.2 Å². The van der Waals surface area contributed by atoms with Gasteiger partial charge in [-0.25, -0.2) is 4.39 Å². The third kappa shape index (κ3) is 3.19. The molecule has 0 amide bonds. The average molecular weight is 390 g/mol. The Bertz CT molecular complexity index is 792. The van der Waals surface area contributed by atoms with Crippen molar-refractivity contribution in [2.24, 2.45) is 11.1 Å². The summed E-state index contributed by atoms with van der Waals surface area (Å²) in [6, 6.07) is 1.47. The molecule has 1 aromatic rings. The predicted molar refractivity (Wildman–Crippen MR) is 106 cm³/mol. The van der Waals surface area contributed by atoms with Crippen LogP contribution in [-0.4, -0.2) is 75.9 Å². The van der Waals surface area contributed by atoms with Gasteiger partial charge < -0.3 is 24.3 Å². The zero-order valence-electron chi connectivity index (χ0n) is 16.7. The number of hydrogen-bond acceptors (Lipinski definition) is 7. The van der Waals surface area contributed by atoms with Crippen LogP contribution < -0.4 is 14.5 Å². The van der Waals surface area contributed by atoms with Crippen molar-refractivity contribution < 1.29 is 18.8 Å². The molecule has 3 aliphatic heterocycles. The Morgan fingerprint density at radius 2 is 2.07 bits per heavy atom. The number of carbonyl (C=O) groups is 1. The number of ether oxygens (including phenoxy) is 1. The van der Waals surface area contributed by atoms with Gasteiger partial charge in [-0.05, 0) is 27.0 Å². The second kappa shape index (κ2) is 7.58. The Labute approximate surface area is 164 Å². The molecule has 0 aliphatic carbocycles. The highest BCUT2D eigenvalue weighted by Gasteiger charge is 2.41. The van der Waals surface area contributed by atoms with E-state index < -0.39 is 11.7 Å². The average Bonchev–Trinajstić information content (AvgIpc) is 2.68. The van der Waals surface area contributed by atoms with E-state index in [1.54, 1.807) is 0 Å². The lowest BCUT2D eigenvalue weighted by Crippen LogP contribution is -2.50. The molecule has 3 heterocycles. The fourth-order valence-electron chi connectivity index (χ4n) is 4.13. The summed E-state index contributed by atoms with van der Waals surface area (Å²) in [7, 11) is 2.06. The van der Waals surface area contributed by atoms with Gasteiger partial charge in [-0.1, -0.05) is 5.16 Å². The molecule has 152 valence electrons. The minimum absolute atomic E-state index is 0.0909. The fourth-order valence-corrected chi connectivity index (χ4v) is 4.13. The molecular formula is C20H27FN4O3. The fraction of sp³-hybridized carbons (Fsp3) is 0.600. The number of hydrogen-bond donors (Lipinski definition) is 0. The Balaban J connectivity index is 1.76. The minimum atomic E-state index is -0.457. The van der Waals surface area contributed by atoms with Crippen molar-refractivity contribution in [1.29, 1.82) is 0 Å². The largest absolute Gasteiger partial charge is 0.487 e. The van der Waals surface area contributed by atoms with Crippen LogP contribution in [0.3, 0.4) is 0 Å². The minimum Gasteiger partial charge on any atom is -0.487 e. The van der Waals surface area contributed by atoms with Gasteiger partial charge in [0.1, 0.15) is 18.9 Å². The van der Waals surface area contributed by atoms with Crippen LogP contribution in [0.15, 0.2) is 11.2 Å². The molecule has 1 aromatic carbocycles. The number of oxime groups is 1. The zero-order valence-corrected chi connectivity index (χ0v) is 16.7. The van der Waals surface area contributed by atoms with Crippen molar-refractivity contribution in [3.05, 3.63) is 17.4 Å². The monoisotopic (exact) mass is 390 g/mol. The van der Waals surface area contributed by atoms with E-state index in [0.717, 1.165) is 31.9 Å². The lowest BCUT2D eigenvalue weighted by Gasteiger charge is -2.44. The predicted octanol–water partition coefficient (Wildman–Crippen LogP) is 2.00. The Hall–Kier alpha value is -2.35. The van der Waals surface area contributed by atoms with Crippen LogP contribution in [0.5, 0.6) is 5.75 Å². The summed E-state index contributed by atoms with van der Waals surface area (Å²) in [5.41, 5.74) is 1.58. The zero-order chi connectivity index (χ0) is 19.8. The molecule has 0 radical (unpaired) electrons. The van der Waals surface area contributed by atoms with Crippen molar-refractivity contribution >= 4 is 23.4 Å². The standard InChI is InChI=1S/C20H27FN4O3/c1-4-28-22-10-14-11-25-13(2)12-27-20-17(25)15(19(14)26)9-16(21)18(20)24-7-5-23(3)6-8-24/h9-10,13-14H,4-8,11-12H2,1-3H3/b22-10+. The van der Waals surface area contributed by atoms with Crippen molar-refractivity contribution in [2.45, 2.75) is 19.9 Å². The van der Waals surface area contributed by atoms with Gasteiger partial charge in [-0.15, -0.1) is 0 Å². The summed E-state index contributed by atoms with van der Waals surface area (Å²) in [5, 5.41) is 3.88. The first-order chi connectivity index (χ1) is 13.5. The smallest absolute Gasteiger partial charge is 0.175 e. The number of benzene rings is 1. The van der Waals surface area contributed by atoms with Crippen molar-refractivity contribution in [3.63, 3.8) is 0 Å². The lowest BCUT2D eigenvalue weighted by atomic mass is 9.89. The lowest BCUT2D eigenvalue weighted by molar-refractivity contribution is 0.0940. The molecular weight excluding hydrogens is 363 g/mol. The van der Waals surface area contributed by atoms with Crippen LogP contribution in [0.25, 0.3) is 0 Å². The number of carbonyl (C=O) groups excluding carboxylic acids is 1. The Kier molecular flexibility index (Phi) is 5.14. The van der Waals surface area contributed by atoms with Gasteiger partial charge in [-0.3, -0.25) is 4.79 Å². The summed E-state index contributed by atoms with van der Waals surface area (Å²) < 4.78 is 21.2. The van der Waals surface area contributed by atoms with Gasteiger partial charge in [0.05, 0.1) is 23.9 Å². The van der Waals surface area contributed by atoms with Crippen LogP contribution in [0, 0.1) is 11.7 Å². The highest BCUT2D eigenvalue weighted by atomic mass is 19.1. The maximum Gasteiger partial charge on any atom is 0.175 e. The van der Waals surface area contributed by atoms with Gasteiger partial charge >= 0.3 is 0 Å². The Morgan fingerprint density at radius 3 is 2.79 bits per heavy atom. The highest BCUT2D eigenvalue weighted by Crippen LogP contribution is 2.48. The van der Waals surface area contributed by atoms with Gasteiger partial charge in [0, 0.05) is 38.3 Å². The van der Waals surface area contributed by atoms with Gasteiger partial charge in [0.25, 0.3) is 0 Å². The molecule has 0 N–H and O–H groups in total. The number of piperazine rings is 1. The highest BCUT2D eigenvalue weighted by molar-refractivity contribution is 6.13. The van der Waals surface area contributed by atoms with Crippen molar-refractivity contribution in [3.8, 4) is 5.75 Å². The first-order valence-electron chi connectivity index (χ1n) is 9.90. The van der Waals surface area contributed by atoms with E-state index in [1.807, 2.05) is 11.8 Å². The number of ketones is 1. The molecule has 8 heteroatoms. The maximum atomic E-state index is 15.2. The number of likely N-dealkylation sites (N-methyl/N-ethyl adjacent to an activating group) is 1. The van der Waals surface area contributed by atoms with Gasteiger partial charge in [0.15, 0.2) is 17.3 Å². The van der Waals surface area contributed by atoms with E-state index in [1.165, 1.54) is 12.3 Å². The molecule has 28 heavy (non-hydrogen) atoms. The maximum absolute atomic E-state index is 15.2. The summed E-state index contributed by atoms with van der Waals surface area (Å²) in [6.45, 7) is 8.48. The van der Waals surface area contributed by atoms with Gasteiger partial charge in [0.2, 0.25) is 0 Å². The number of nitrogens with zero attached hydrogens (tertiary/aromatic N) is 4. The van der Waals surface area contributed by atoms with E-state index in [-0.39, 0.29) is 11.8 Å². The quantitative estimate of drug-likeness (QED) is 0.579. The van der Waals surface area contributed by atoms with Crippen LogP contribution in [0.2, 0.25) is 0 Å². The molecule has 0 spiro atoms. The molecule has 2 atom stereocenters. The molecule has 0 aromatic heterocycles. The van der Waals surface area contributed by atoms with E-state index in [0.29, 0.717) is 36.8 Å². The van der Waals surface area contributed by atoms with E-state index >= 15 is 4.39 Å². The number of rotatable bonds is 4. The molecule has 0 bridgehead atoms. The van der Waals surface area contributed by atoms with Crippen molar-refractivity contribution in [2.75, 3.05) is 62.8 Å². The molecule has 2 unspecified atom stereocenters. The van der Waals surface area contributed by atoms with E-state index in [4.69, 9.17) is 9.57 Å². The molecule has 1 fully saturated rings. The van der Waals surface area contributed by atoms with E-state index in [9.17, 15) is 4.79 Å². The number of Topliss-reactive ketones (excluding diaryl/α,β-unsaturated/α-hetero) is 1. The summed E-state index contributed by atoms with van der Waals surface area (Å²) in [6.07, 6.45) is 1.53. The summed E-state index contributed by atoms with van der Waals surface area (Å²) in [5.74, 6) is -0.492. The topological polar surface area (TPSA) is 57.6 Å². The summed E-state index contributed by atoms with van der Waals surface area (Å²) in [4.78, 5) is 24.5. The third-order valence-electron chi connectivity index (χ3n) is 5.73. The van der Waals surface area contributed by atoms with E-state index in [2.05, 4.69) is 28.9 Å². The SMILES string of the molecule is CCO/N=C/C1CN2c3c(cc(F)c(N4CCN(C)CC4)c3OCC2C)C1=O. The second-order valence-corrected chi connectivity index (χ2v) is 7.68. The van der Waals surface area contributed by atoms with Crippen LogP contribution in [0.4, 0.5) is 15.8 Å². The second-order valence-electron chi connectivity index (χ2n) is 7.68. The first kappa shape index (κ1) is 19.0. The van der Waals surface area contributed by atoms with Crippen LogP contribution in [-0.2, 0) is 4.84 Å². The normalized spacial score (nSPS) is 25.1. The molecule has 1 saturated heterocycles. The third-order valence-corrected chi connectivity index (χ3v) is 5.73. The molecule has 3 aliphatic rings.